The molecule has 3 rings (SSSR count). The molecule has 1 unspecified atom stereocenters. The molecule has 2 aliphatic rings. The summed E-state index contributed by atoms with van der Waals surface area (Å²) in [6.07, 6.45) is -0.234. The summed E-state index contributed by atoms with van der Waals surface area (Å²) in [5, 5.41) is 3.43. The second-order valence-corrected chi connectivity index (χ2v) is 8.34. The standard InChI is InChI=1S/C18H25BrN4O2/c1-18(2,3)25-17(24)22-7-8-23-15(12-22)11-21-16(23)20-10-13-5-4-6-14(19)9-13/h4-6,9,15H,7-8,10-12H2,1-3H3,(H,20,21). The van der Waals surface area contributed by atoms with E-state index in [0.29, 0.717) is 19.6 Å². The molecule has 1 N–H and O–H groups in total. The van der Waals surface area contributed by atoms with Crippen molar-refractivity contribution < 1.29 is 9.53 Å². The number of nitrogens with one attached hydrogen (secondary N) is 1. The third kappa shape index (κ3) is 4.66. The second-order valence-electron chi connectivity index (χ2n) is 7.42. The maximum Gasteiger partial charge on any atom is 0.410 e. The quantitative estimate of drug-likeness (QED) is 0.816. The van der Waals surface area contributed by atoms with Crippen molar-refractivity contribution in [2.24, 2.45) is 4.99 Å². The number of ether oxygens (including phenoxy) is 1. The molecule has 6 nitrogen and oxygen atoms in total. The topological polar surface area (TPSA) is 57.2 Å². The molecule has 0 bridgehead atoms. The number of piperazine rings is 1. The average molecular weight is 409 g/mol. The molecular weight excluding hydrogens is 384 g/mol. The van der Waals surface area contributed by atoms with Crippen molar-refractivity contribution in [2.45, 2.75) is 39.0 Å². The van der Waals surface area contributed by atoms with Crippen molar-refractivity contribution in [2.75, 3.05) is 26.2 Å². The number of rotatable bonds is 2. The van der Waals surface area contributed by atoms with Crippen molar-refractivity contribution >= 4 is 28.0 Å². The first-order chi connectivity index (χ1) is 11.8. The summed E-state index contributed by atoms with van der Waals surface area (Å²) in [5.41, 5.74) is 0.741. The fourth-order valence-electron chi connectivity index (χ4n) is 3.05. The van der Waals surface area contributed by atoms with Gasteiger partial charge < -0.3 is 19.9 Å². The number of hydrogen-bond donors (Lipinski definition) is 1. The van der Waals surface area contributed by atoms with Gasteiger partial charge in [-0.05, 0) is 38.5 Å². The van der Waals surface area contributed by atoms with Crippen LogP contribution in [0.1, 0.15) is 26.3 Å². The van der Waals surface area contributed by atoms with Crippen LogP contribution in [-0.4, -0.2) is 59.7 Å². The van der Waals surface area contributed by atoms with Crippen LogP contribution < -0.4 is 5.32 Å². The van der Waals surface area contributed by atoms with Gasteiger partial charge in [-0.3, -0.25) is 4.99 Å². The lowest BCUT2D eigenvalue weighted by Crippen LogP contribution is -2.57. The van der Waals surface area contributed by atoms with Gasteiger partial charge in [0, 0.05) is 30.7 Å². The zero-order valence-corrected chi connectivity index (χ0v) is 16.5. The fraction of sp³-hybridized carbons (Fsp3) is 0.556. The largest absolute Gasteiger partial charge is 0.444 e. The number of nitrogens with zero attached hydrogens (tertiary/aromatic N) is 3. The van der Waals surface area contributed by atoms with Crippen LogP contribution >= 0.6 is 15.9 Å². The number of guanidine groups is 1. The normalized spacial score (nSPS) is 20.2. The Morgan fingerprint density at radius 2 is 2.20 bits per heavy atom. The van der Waals surface area contributed by atoms with E-state index in [2.05, 4.69) is 43.3 Å². The Balaban J connectivity index is 1.53. The van der Waals surface area contributed by atoms with Crippen LogP contribution in [0.15, 0.2) is 33.7 Å². The number of hydrogen-bond acceptors (Lipinski definition) is 5. The molecule has 0 spiro atoms. The van der Waals surface area contributed by atoms with Crippen LogP contribution in [0.4, 0.5) is 4.79 Å². The SMILES string of the molecule is CC(C)(C)OC(=O)N1CCN2C(NCc3cccc(Br)c3)=NCC2C1. The number of carbonyl (C=O) groups excluding carboxylic acids is 1. The summed E-state index contributed by atoms with van der Waals surface area (Å²) in [5.74, 6) is 0.925. The summed E-state index contributed by atoms with van der Waals surface area (Å²) < 4.78 is 6.55. The summed E-state index contributed by atoms with van der Waals surface area (Å²) in [6, 6.07) is 8.46. The third-order valence-corrected chi connectivity index (χ3v) is 4.69. The number of fused-ring (bicyclic) bond motifs is 1. The van der Waals surface area contributed by atoms with E-state index in [0.717, 1.165) is 23.5 Å². The predicted octanol–water partition coefficient (Wildman–Crippen LogP) is 2.83. The van der Waals surface area contributed by atoms with E-state index < -0.39 is 5.60 Å². The molecule has 2 aliphatic heterocycles. The van der Waals surface area contributed by atoms with Crippen LogP contribution in [0.3, 0.4) is 0 Å². The van der Waals surface area contributed by atoms with Gasteiger partial charge in [0.05, 0.1) is 12.6 Å². The van der Waals surface area contributed by atoms with Crippen LogP contribution in [0.25, 0.3) is 0 Å². The van der Waals surface area contributed by atoms with Crippen LogP contribution in [0.2, 0.25) is 0 Å². The number of halogens is 1. The van der Waals surface area contributed by atoms with Crippen LogP contribution in [0.5, 0.6) is 0 Å². The molecule has 1 atom stereocenters. The number of carbonyl (C=O) groups is 1. The van der Waals surface area contributed by atoms with E-state index in [9.17, 15) is 4.79 Å². The van der Waals surface area contributed by atoms with E-state index in [4.69, 9.17) is 4.74 Å². The molecular formula is C18H25BrN4O2. The van der Waals surface area contributed by atoms with Gasteiger partial charge >= 0.3 is 6.09 Å². The van der Waals surface area contributed by atoms with Gasteiger partial charge in [0.2, 0.25) is 0 Å². The zero-order chi connectivity index (χ0) is 18.0. The van der Waals surface area contributed by atoms with E-state index in [1.165, 1.54) is 5.56 Å². The van der Waals surface area contributed by atoms with E-state index >= 15 is 0 Å². The Morgan fingerprint density at radius 1 is 1.40 bits per heavy atom. The summed E-state index contributed by atoms with van der Waals surface area (Å²) in [7, 11) is 0. The zero-order valence-electron chi connectivity index (χ0n) is 15.0. The Morgan fingerprint density at radius 3 is 2.92 bits per heavy atom. The molecule has 136 valence electrons. The van der Waals surface area contributed by atoms with Gasteiger partial charge in [0.25, 0.3) is 0 Å². The summed E-state index contributed by atoms with van der Waals surface area (Å²) in [4.78, 5) is 20.9. The van der Waals surface area contributed by atoms with Crippen LogP contribution in [0, 0.1) is 0 Å². The molecule has 7 heteroatoms. The Bertz CT molecular complexity index is 671. The Labute approximate surface area is 157 Å². The minimum atomic E-state index is -0.461. The molecule has 0 radical (unpaired) electrons. The first-order valence-electron chi connectivity index (χ1n) is 8.59. The fourth-order valence-corrected chi connectivity index (χ4v) is 3.50. The molecule has 0 aliphatic carbocycles. The number of amides is 1. The van der Waals surface area contributed by atoms with E-state index in [-0.39, 0.29) is 12.1 Å². The van der Waals surface area contributed by atoms with Gasteiger partial charge in [-0.25, -0.2) is 4.79 Å². The monoisotopic (exact) mass is 408 g/mol. The number of aliphatic imine (C=N–C) groups is 1. The average Bonchev–Trinajstić information content (AvgIpc) is 2.93. The highest BCUT2D eigenvalue weighted by Gasteiger charge is 2.36. The smallest absolute Gasteiger partial charge is 0.410 e. The van der Waals surface area contributed by atoms with E-state index in [1.54, 1.807) is 4.90 Å². The molecule has 25 heavy (non-hydrogen) atoms. The predicted molar refractivity (Wildman–Crippen MR) is 102 cm³/mol. The molecule has 0 aromatic heterocycles. The molecule has 1 aromatic carbocycles. The molecule has 2 heterocycles. The van der Waals surface area contributed by atoms with Crippen molar-refractivity contribution in [3.63, 3.8) is 0 Å². The van der Waals surface area contributed by atoms with Crippen molar-refractivity contribution in [3.8, 4) is 0 Å². The van der Waals surface area contributed by atoms with Crippen molar-refractivity contribution in [1.29, 1.82) is 0 Å². The van der Waals surface area contributed by atoms with Crippen molar-refractivity contribution in [1.82, 2.24) is 15.1 Å². The summed E-state index contributed by atoms with van der Waals surface area (Å²) in [6.45, 7) is 9.20. The van der Waals surface area contributed by atoms with E-state index in [1.807, 2.05) is 32.9 Å². The lowest BCUT2D eigenvalue weighted by molar-refractivity contribution is 0.0137. The highest BCUT2D eigenvalue weighted by molar-refractivity contribution is 9.10. The molecule has 0 saturated carbocycles. The van der Waals surface area contributed by atoms with Gasteiger partial charge in [-0.1, -0.05) is 28.1 Å². The van der Waals surface area contributed by atoms with Gasteiger partial charge in [0.15, 0.2) is 5.96 Å². The first-order valence-corrected chi connectivity index (χ1v) is 9.38. The highest BCUT2D eigenvalue weighted by atomic mass is 79.9. The van der Waals surface area contributed by atoms with Gasteiger partial charge in [-0.2, -0.15) is 0 Å². The highest BCUT2D eigenvalue weighted by Crippen LogP contribution is 2.19. The molecule has 1 fully saturated rings. The van der Waals surface area contributed by atoms with Gasteiger partial charge in [0.1, 0.15) is 5.60 Å². The Kier molecular flexibility index (Phi) is 5.22. The lowest BCUT2D eigenvalue weighted by Gasteiger charge is -2.39. The minimum Gasteiger partial charge on any atom is -0.444 e. The lowest BCUT2D eigenvalue weighted by atomic mass is 10.2. The van der Waals surface area contributed by atoms with Crippen LogP contribution in [-0.2, 0) is 11.3 Å². The maximum atomic E-state index is 12.3. The molecule has 1 aromatic rings. The maximum absolute atomic E-state index is 12.3. The molecule has 1 amide bonds. The van der Waals surface area contributed by atoms with Crippen molar-refractivity contribution in [3.05, 3.63) is 34.3 Å². The Hall–Kier alpha value is -1.76. The number of benzene rings is 1. The summed E-state index contributed by atoms with van der Waals surface area (Å²) >= 11 is 3.49. The minimum absolute atomic E-state index is 0.228. The second kappa shape index (κ2) is 7.23. The molecule has 1 saturated heterocycles. The first kappa shape index (κ1) is 18.0. The third-order valence-electron chi connectivity index (χ3n) is 4.20. The van der Waals surface area contributed by atoms with Gasteiger partial charge in [-0.15, -0.1) is 0 Å².